The molecule has 1 saturated heterocycles. The van der Waals surface area contributed by atoms with Crippen molar-refractivity contribution in [3.63, 3.8) is 0 Å². The van der Waals surface area contributed by atoms with E-state index in [1.807, 2.05) is 4.90 Å². The van der Waals surface area contributed by atoms with Crippen molar-refractivity contribution in [3.8, 4) is 0 Å². The first-order valence-corrected chi connectivity index (χ1v) is 4.38. The lowest BCUT2D eigenvalue weighted by atomic mass is 10.2. The van der Waals surface area contributed by atoms with Gasteiger partial charge in [0, 0.05) is 32.6 Å². The van der Waals surface area contributed by atoms with Crippen molar-refractivity contribution < 1.29 is 9.53 Å². The summed E-state index contributed by atoms with van der Waals surface area (Å²) in [7, 11) is 1.69. The Morgan fingerprint density at radius 2 is 2.14 bits per heavy atom. The molecule has 0 bridgehead atoms. The van der Waals surface area contributed by atoms with E-state index in [2.05, 4.69) is 9.97 Å². The molecule has 5 nitrogen and oxygen atoms in total. The van der Waals surface area contributed by atoms with Gasteiger partial charge in [-0.3, -0.25) is 4.79 Å². The third-order valence-electron chi connectivity index (χ3n) is 2.26. The quantitative estimate of drug-likeness (QED) is 0.638. The predicted octanol–water partition coefficient (Wildman–Crippen LogP) is 0.124. The molecule has 0 N–H and O–H groups in total. The van der Waals surface area contributed by atoms with Gasteiger partial charge in [0.1, 0.15) is 0 Å². The summed E-state index contributed by atoms with van der Waals surface area (Å²) in [4.78, 5) is 20.5. The molecule has 74 valence electrons. The lowest BCUT2D eigenvalue weighted by Gasteiger charge is -2.37. The molecule has 0 atom stereocenters. The van der Waals surface area contributed by atoms with Gasteiger partial charge in [0.2, 0.25) is 5.95 Å². The van der Waals surface area contributed by atoms with E-state index in [1.165, 1.54) is 12.4 Å². The summed E-state index contributed by atoms with van der Waals surface area (Å²) < 4.78 is 5.13. The first kappa shape index (κ1) is 9.08. The molecule has 0 radical (unpaired) electrons. The van der Waals surface area contributed by atoms with Crippen LogP contribution in [0.4, 0.5) is 5.95 Å². The Bertz CT molecular complexity index is 319. The molecular weight excluding hydrogens is 182 g/mol. The van der Waals surface area contributed by atoms with Gasteiger partial charge in [0.05, 0.1) is 11.7 Å². The maximum atomic E-state index is 10.4. The molecule has 0 aliphatic carbocycles. The Hall–Kier alpha value is -1.49. The molecule has 1 aromatic rings. The second kappa shape index (κ2) is 3.71. The third-order valence-corrected chi connectivity index (χ3v) is 2.26. The molecule has 1 aromatic heterocycles. The molecule has 2 heterocycles. The van der Waals surface area contributed by atoms with E-state index in [9.17, 15) is 4.79 Å². The van der Waals surface area contributed by atoms with E-state index < -0.39 is 0 Å². The molecule has 14 heavy (non-hydrogen) atoms. The zero-order valence-electron chi connectivity index (χ0n) is 7.88. The third kappa shape index (κ3) is 1.58. The second-order valence-corrected chi connectivity index (χ2v) is 3.20. The summed E-state index contributed by atoms with van der Waals surface area (Å²) in [6.45, 7) is 1.63. The largest absolute Gasteiger partial charge is 0.378 e. The van der Waals surface area contributed by atoms with Crippen LogP contribution < -0.4 is 4.90 Å². The van der Waals surface area contributed by atoms with Crippen LogP contribution in [0.1, 0.15) is 10.4 Å². The average molecular weight is 193 g/mol. The molecule has 0 aromatic carbocycles. The van der Waals surface area contributed by atoms with Crippen LogP contribution in [-0.4, -0.2) is 42.6 Å². The Kier molecular flexibility index (Phi) is 2.41. The number of rotatable bonds is 3. The maximum absolute atomic E-state index is 10.4. The molecule has 5 heteroatoms. The molecule has 0 unspecified atom stereocenters. The zero-order chi connectivity index (χ0) is 9.97. The highest BCUT2D eigenvalue weighted by molar-refractivity contribution is 5.73. The monoisotopic (exact) mass is 193 g/mol. The second-order valence-electron chi connectivity index (χ2n) is 3.20. The minimum Gasteiger partial charge on any atom is -0.378 e. The number of hydrogen-bond donors (Lipinski definition) is 0. The summed E-state index contributed by atoms with van der Waals surface area (Å²) in [5.74, 6) is 0.656. The molecule has 2 rings (SSSR count). The molecule has 1 fully saturated rings. The van der Waals surface area contributed by atoms with Crippen molar-refractivity contribution >= 4 is 12.2 Å². The topological polar surface area (TPSA) is 55.3 Å². The van der Waals surface area contributed by atoms with Gasteiger partial charge >= 0.3 is 0 Å². The van der Waals surface area contributed by atoms with Crippen LogP contribution in [0.25, 0.3) is 0 Å². The Morgan fingerprint density at radius 3 is 2.64 bits per heavy atom. The number of hydrogen-bond acceptors (Lipinski definition) is 5. The number of ether oxygens (including phenoxy) is 1. The summed E-state index contributed by atoms with van der Waals surface area (Å²) in [6.07, 6.45) is 4.06. The number of carbonyl (C=O) groups is 1. The highest BCUT2D eigenvalue weighted by Crippen LogP contribution is 2.16. The Balaban J connectivity index is 2.01. The molecule has 0 saturated carbocycles. The van der Waals surface area contributed by atoms with Crippen LogP contribution in [-0.2, 0) is 4.74 Å². The van der Waals surface area contributed by atoms with E-state index in [4.69, 9.17) is 4.74 Å². The number of nitrogens with zero attached hydrogens (tertiary/aromatic N) is 3. The van der Waals surface area contributed by atoms with Crippen molar-refractivity contribution in [2.75, 3.05) is 25.1 Å². The van der Waals surface area contributed by atoms with Gasteiger partial charge in [-0.05, 0) is 0 Å². The SMILES string of the molecule is COC1CN(c2ncc(C=O)cn2)C1. The van der Waals surface area contributed by atoms with Crippen LogP contribution >= 0.6 is 0 Å². The minimum absolute atomic E-state index is 0.282. The van der Waals surface area contributed by atoms with Gasteiger partial charge in [0.25, 0.3) is 0 Å². The van der Waals surface area contributed by atoms with Crippen LogP contribution in [0.3, 0.4) is 0 Å². The van der Waals surface area contributed by atoms with Crippen molar-refractivity contribution in [2.45, 2.75) is 6.10 Å². The fraction of sp³-hybridized carbons (Fsp3) is 0.444. The lowest BCUT2D eigenvalue weighted by molar-refractivity contribution is 0.0778. The van der Waals surface area contributed by atoms with Gasteiger partial charge in [-0.15, -0.1) is 0 Å². The summed E-state index contributed by atoms with van der Waals surface area (Å²) >= 11 is 0. The first-order chi connectivity index (χ1) is 6.83. The van der Waals surface area contributed by atoms with Gasteiger partial charge in [-0.25, -0.2) is 9.97 Å². The lowest BCUT2D eigenvalue weighted by Crippen LogP contribution is -2.52. The maximum Gasteiger partial charge on any atom is 0.225 e. The van der Waals surface area contributed by atoms with Crippen molar-refractivity contribution in [3.05, 3.63) is 18.0 Å². The van der Waals surface area contributed by atoms with Crippen molar-refractivity contribution in [1.29, 1.82) is 0 Å². The summed E-state index contributed by atoms with van der Waals surface area (Å²) in [5, 5.41) is 0. The van der Waals surface area contributed by atoms with Crippen LogP contribution in [0.15, 0.2) is 12.4 Å². The number of methoxy groups -OCH3 is 1. The van der Waals surface area contributed by atoms with E-state index in [0.717, 1.165) is 19.4 Å². The van der Waals surface area contributed by atoms with Gasteiger partial charge in [-0.2, -0.15) is 0 Å². The first-order valence-electron chi connectivity index (χ1n) is 4.38. The Labute approximate surface area is 81.7 Å². The van der Waals surface area contributed by atoms with Crippen LogP contribution in [0, 0.1) is 0 Å². The molecule has 0 spiro atoms. The number of aromatic nitrogens is 2. The Morgan fingerprint density at radius 1 is 1.50 bits per heavy atom. The smallest absolute Gasteiger partial charge is 0.225 e. The highest BCUT2D eigenvalue weighted by atomic mass is 16.5. The number of aldehydes is 1. The van der Waals surface area contributed by atoms with E-state index in [-0.39, 0.29) is 6.10 Å². The fourth-order valence-corrected chi connectivity index (χ4v) is 1.31. The molecular formula is C9H11N3O2. The summed E-state index contributed by atoms with van der Waals surface area (Å²) in [6, 6.07) is 0. The van der Waals surface area contributed by atoms with E-state index in [1.54, 1.807) is 7.11 Å². The fourth-order valence-electron chi connectivity index (χ4n) is 1.31. The van der Waals surface area contributed by atoms with E-state index in [0.29, 0.717) is 11.5 Å². The van der Waals surface area contributed by atoms with Crippen molar-refractivity contribution in [1.82, 2.24) is 9.97 Å². The normalized spacial score (nSPS) is 16.5. The van der Waals surface area contributed by atoms with Crippen molar-refractivity contribution in [2.24, 2.45) is 0 Å². The molecule has 1 aliphatic heterocycles. The van der Waals surface area contributed by atoms with E-state index >= 15 is 0 Å². The average Bonchev–Trinajstić information content (AvgIpc) is 2.17. The molecule has 0 amide bonds. The highest BCUT2D eigenvalue weighted by Gasteiger charge is 2.28. The predicted molar refractivity (Wildman–Crippen MR) is 50.4 cm³/mol. The summed E-state index contributed by atoms with van der Waals surface area (Å²) in [5.41, 5.74) is 0.498. The van der Waals surface area contributed by atoms with Gasteiger partial charge < -0.3 is 9.64 Å². The number of carbonyl (C=O) groups excluding carboxylic acids is 1. The molecule has 1 aliphatic rings. The number of anilines is 1. The minimum atomic E-state index is 0.282. The van der Waals surface area contributed by atoms with Gasteiger partial charge in [-0.1, -0.05) is 0 Å². The van der Waals surface area contributed by atoms with Crippen LogP contribution in [0.2, 0.25) is 0 Å². The van der Waals surface area contributed by atoms with Gasteiger partial charge in [0.15, 0.2) is 6.29 Å². The zero-order valence-corrected chi connectivity index (χ0v) is 7.88. The van der Waals surface area contributed by atoms with Crippen LogP contribution in [0.5, 0.6) is 0 Å². The standard InChI is InChI=1S/C9H11N3O2/c1-14-8-4-12(5-8)9-10-2-7(6-13)3-11-9/h2-3,6,8H,4-5H2,1H3.